The third-order valence-electron chi connectivity index (χ3n) is 8.08. The van der Waals surface area contributed by atoms with Crippen molar-refractivity contribution in [1.29, 1.82) is 0 Å². The van der Waals surface area contributed by atoms with Crippen LogP contribution in [0.2, 0.25) is 0 Å². The molecule has 1 N–H and O–H groups in total. The maximum Gasteiger partial charge on any atom is 0.272 e. The Balaban J connectivity index is 1.14. The maximum absolute atomic E-state index is 13.1. The summed E-state index contributed by atoms with van der Waals surface area (Å²) in [6.07, 6.45) is 2.22. The number of para-hydroxylation sites is 2. The number of hydrogen-bond donors (Lipinski definition) is 1. The van der Waals surface area contributed by atoms with E-state index in [1.54, 1.807) is 24.1 Å². The summed E-state index contributed by atoms with van der Waals surface area (Å²) in [5.74, 6) is -0.346. The van der Waals surface area contributed by atoms with Crippen LogP contribution in [0.3, 0.4) is 0 Å². The van der Waals surface area contributed by atoms with Gasteiger partial charge < -0.3 is 20.0 Å². The van der Waals surface area contributed by atoms with Crippen molar-refractivity contribution in [3.05, 3.63) is 95.2 Å². The molecule has 0 aliphatic carbocycles. The van der Waals surface area contributed by atoms with Crippen LogP contribution in [0.4, 0.5) is 5.69 Å². The number of likely N-dealkylation sites (N-methyl/N-ethyl adjacent to an activating group) is 1. The molecular formula is C33H34N6O4. The Labute approximate surface area is 249 Å². The molecule has 0 bridgehead atoms. The first-order valence-electron chi connectivity index (χ1n) is 14.6. The van der Waals surface area contributed by atoms with E-state index in [1.807, 2.05) is 70.2 Å². The van der Waals surface area contributed by atoms with E-state index in [4.69, 9.17) is 0 Å². The Bertz CT molecular complexity index is 1700. The molecule has 10 nitrogen and oxygen atoms in total. The molecule has 220 valence electrons. The summed E-state index contributed by atoms with van der Waals surface area (Å²) in [4.78, 5) is 55.7. The summed E-state index contributed by atoms with van der Waals surface area (Å²) in [5, 5.41) is 8.43. The zero-order valence-electron chi connectivity index (χ0n) is 24.2. The van der Waals surface area contributed by atoms with Crippen LogP contribution in [-0.2, 0) is 22.7 Å². The van der Waals surface area contributed by atoms with Gasteiger partial charge in [0.25, 0.3) is 11.8 Å². The highest BCUT2D eigenvalue weighted by Gasteiger charge is 2.29. The van der Waals surface area contributed by atoms with E-state index >= 15 is 0 Å². The van der Waals surface area contributed by atoms with Gasteiger partial charge in [-0.3, -0.25) is 23.9 Å². The van der Waals surface area contributed by atoms with Gasteiger partial charge in [-0.25, -0.2) is 0 Å². The molecule has 0 atom stereocenters. The third-order valence-corrected chi connectivity index (χ3v) is 8.08. The Morgan fingerprint density at radius 2 is 1.60 bits per heavy atom. The minimum atomic E-state index is -0.232. The lowest BCUT2D eigenvalue weighted by Crippen LogP contribution is -2.37. The van der Waals surface area contributed by atoms with Crippen molar-refractivity contribution in [3.63, 3.8) is 0 Å². The SMILES string of the molecule is CN1CC(=O)N(Cc2ccc(Cn3nc(C(=O)NCCCN4CCCC4=O)c4ccccc43)cc2)c2ccccc2C1=O. The molecule has 10 heteroatoms. The van der Waals surface area contributed by atoms with Gasteiger partial charge in [-0.2, -0.15) is 5.10 Å². The number of likely N-dealkylation sites (tertiary alicyclic amines) is 1. The van der Waals surface area contributed by atoms with Gasteiger partial charge in [-0.05, 0) is 42.2 Å². The highest BCUT2D eigenvalue weighted by Crippen LogP contribution is 2.27. The average molecular weight is 579 g/mol. The number of amides is 4. The normalized spacial score (nSPS) is 15.3. The number of carbonyl (C=O) groups is 4. The number of aromatic nitrogens is 2. The zero-order valence-corrected chi connectivity index (χ0v) is 24.2. The lowest BCUT2D eigenvalue weighted by atomic mass is 10.1. The van der Waals surface area contributed by atoms with Gasteiger partial charge in [0.1, 0.15) is 6.54 Å². The Morgan fingerprint density at radius 3 is 2.37 bits per heavy atom. The second-order valence-electron chi connectivity index (χ2n) is 11.1. The van der Waals surface area contributed by atoms with Gasteiger partial charge in [0, 0.05) is 38.5 Å². The van der Waals surface area contributed by atoms with Gasteiger partial charge >= 0.3 is 0 Å². The minimum absolute atomic E-state index is 0.0198. The van der Waals surface area contributed by atoms with Crippen molar-refractivity contribution in [3.8, 4) is 0 Å². The lowest BCUT2D eigenvalue weighted by molar-refractivity contribution is -0.127. The van der Waals surface area contributed by atoms with Crippen molar-refractivity contribution in [1.82, 2.24) is 24.9 Å². The fourth-order valence-electron chi connectivity index (χ4n) is 5.78. The van der Waals surface area contributed by atoms with Crippen molar-refractivity contribution in [2.45, 2.75) is 32.4 Å². The van der Waals surface area contributed by atoms with Crippen molar-refractivity contribution >= 4 is 40.2 Å². The van der Waals surface area contributed by atoms with Crippen LogP contribution in [-0.4, -0.2) is 76.4 Å². The lowest BCUT2D eigenvalue weighted by Gasteiger charge is -2.22. The van der Waals surface area contributed by atoms with E-state index in [0.717, 1.165) is 35.0 Å². The van der Waals surface area contributed by atoms with Gasteiger partial charge in [-0.15, -0.1) is 0 Å². The number of benzene rings is 3. The Hall–Kier alpha value is -4.99. The Morgan fingerprint density at radius 1 is 0.884 bits per heavy atom. The molecule has 3 heterocycles. The first-order chi connectivity index (χ1) is 20.9. The standard InChI is InChI=1S/C33H34N6O4/c1-36-22-30(41)38(27-10-4-3-9-26(27)33(36)43)20-23-13-15-24(16-14-23)21-39-28-11-5-2-8-25(28)31(35-39)32(42)34-17-7-19-37-18-6-12-29(37)40/h2-5,8-11,13-16H,6-7,12,17-22H2,1H3,(H,34,42). The van der Waals surface area contributed by atoms with E-state index in [9.17, 15) is 19.2 Å². The Kier molecular flexibility index (Phi) is 7.91. The number of nitrogens with one attached hydrogen (secondary N) is 1. The average Bonchev–Trinajstić information content (AvgIpc) is 3.59. The molecule has 2 aliphatic rings. The molecule has 1 saturated heterocycles. The third kappa shape index (κ3) is 5.86. The van der Waals surface area contributed by atoms with E-state index < -0.39 is 0 Å². The first kappa shape index (κ1) is 28.1. The zero-order chi connectivity index (χ0) is 29.9. The molecule has 0 saturated carbocycles. The van der Waals surface area contributed by atoms with Crippen molar-refractivity contribution < 1.29 is 19.2 Å². The van der Waals surface area contributed by atoms with Gasteiger partial charge in [0.05, 0.1) is 29.9 Å². The summed E-state index contributed by atoms with van der Waals surface area (Å²) in [7, 11) is 1.64. The summed E-state index contributed by atoms with van der Waals surface area (Å²) >= 11 is 0. The molecule has 0 spiro atoms. The summed E-state index contributed by atoms with van der Waals surface area (Å²) in [6.45, 7) is 2.75. The van der Waals surface area contributed by atoms with Gasteiger partial charge in [0.2, 0.25) is 11.8 Å². The molecule has 0 radical (unpaired) electrons. The van der Waals surface area contributed by atoms with E-state index in [1.165, 1.54) is 4.90 Å². The number of nitrogens with zero attached hydrogens (tertiary/aromatic N) is 5. The maximum atomic E-state index is 13.1. The fraction of sp³-hybridized carbons (Fsp3) is 0.303. The monoisotopic (exact) mass is 578 g/mol. The molecular weight excluding hydrogens is 544 g/mol. The van der Waals surface area contributed by atoms with Crippen LogP contribution in [0, 0.1) is 0 Å². The number of rotatable bonds is 9. The summed E-state index contributed by atoms with van der Waals surface area (Å²) < 4.78 is 1.83. The first-order valence-corrected chi connectivity index (χ1v) is 14.6. The molecule has 1 fully saturated rings. The quantitative estimate of drug-likeness (QED) is 0.306. The molecule has 4 amide bonds. The van der Waals surface area contributed by atoms with E-state index in [2.05, 4.69) is 10.4 Å². The molecule has 0 unspecified atom stereocenters. The summed E-state index contributed by atoms with van der Waals surface area (Å²) in [5.41, 5.74) is 4.30. The second-order valence-corrected chi connectivity index (χ2v) is 11.1. The van der Waals surface area contributed by atoms with Crippen LogP contribution in [0.1, 0.15) is 51.2 Å². The highest BCUT2D eigenvalue weighted by atomic mass is 16.2. The van der Waals surface area contributed by atoms with Gasteiger partial charge in [0.15, 0.2) is 5.69 Å². The number of hydrogen-bond acceptors (Lipinski definition) is 5. The molecule has 6 rings (SSSR count). The predicted molar refractivity (Wildman–Crippen MR) is 163 cm³/mol. The number of anilines is 1. The molecule has 1 aromatic heterocycles. The van der Waals surface area contributed by atoms with Crippen LogP contribution < -0.4 is 10.2 Å². The van der Waals surface area contributed by atoms with E-state index in [0.29, 0.717) is 56.0 Å². The van der Waals surface area contributed by atoms with Crippen LogP contribution in [0.5, 0.6) is 0 Å². The topological polar surface area (TPSA) is 108 Å². The smallest absolute Gasteiger partial charge is 0.272 e. The summed E-state index contributed by atoms with van der Waals surface area (Å²) in [6, 6.07) is 22.8. The van der Waals surface area contributed by atoms with Crippen LogP contribution in [0.25, 0.3) is 10.9 Å². The van der Waals surface area contributed by atoms with Gasteiger partial charge in [-0.1, -0.05) is 54.6 Å². The minimum Gasteiger partial charge on any atom is -0.351 e. The molecule has 4 aromatic rings. The predicted octanol–water partition coefficient (Wildman–Crippen LogP) is 3.45. The largest absolute Gasteiger partial charge is 0.351 e. The molecule has 2 aliphatic heterocycles. The highest BCUT2D eigenvalue weighted by molar-refractivity contribution is 6.09. The fourth-order valence-corrected chi connectivity index (χ4v) is 5.78. The number of carbonyl (C=O) groups excluding carboxylic acids is 4. The van der Waals surface area contributed by atoms with Crippen molar-refractivity contribution in [2.24, 2.45) is 0 Å². The van der Waals surface area contributed by atoms with Crippen LogP contribution in [0.15, 0.2) is 72.8 Å². The molecule has 43 heavy (non-hydrogen) atoms. The molecule has 3 aromatic carbocycles. The second kappa shape index (κ2) is 12.1. The van der Waals surface area contributed by atoms with E-state index in [-0.39, 0.29) is 30.2 Å². The van der Waals surface area contributed by atoms with Crippen molar-refractivity contribution in [2.75, 3.05) is 38.1 Å². The van der Waals surface area contributed by atoms with Crippen LogP contribution >= 0.6 is 0 Å². The number of fused-ring (bicyclic) bond motifs is 2.